The number of hydroxylamine groups is 1. The Morgan fingerprint density at radius 3 is 2.62 bits per heavy atom. The summed E-state index contributed by atoms with van der Waals surface area (Å²) in [6, 6.07) is 1.26. The summed E-state index contributed by atoms with van der Waals surface area (Å²) in [5.41, 5.74) is -0.375. The fourth-order valence-corrected chi connectivity index (χ4v) is 1.03. The minimum absolute atomic E-state index is 0.631. The van der Waals surface area contributed by atoms with Crippen LogP contribution in [0.1, 0.15) is 10.4 Å². The highest BCUT2D eigenvalue weighted by atomic mass is 19.1. The van der Waals surface area contributed by atoms with Gasteiger partial charge in [-0.3, -0.25) is 19.7 Å². The molecule has 1 aromatic rings. The minimum Gasteiger partial charge on any atom is -0.277 e. The highest BCUT2D eigenvalue weighted by Crippen LogP contribution is 2.22. The smallest absolute Gasteiger partial charge is 0.277 e. The van der Waals surface area contributed by atoms with Gasteiger partial charge in [0, 0.05) is 6.07 Å². The van der Waals surface area contributed by atoms with Gasteiger partial charge in [-0.25, -0.2) is 9.87 Å². The molecule has 0 aliphatic carbocycles. The van der Waals surface area contributed by atoms with Crippen molar-refractivity contribution in [3.8, 4) is 0 Å². The number of hydrogen-bond acceptors (Lipinski definition) is 4. The molecule has 0 aliphatic heterocycles. The first-order valence-corrected chi connectivity index (χ1v) is 3.94. The molecule has 1 rings (SSSR count). The van der Waals surface area contributed by atoms with Crippen LogP contribution >= 0.6 is 0 Å². The Bertz CT molecular complexity index is 450. The maximum Gasteiger partial charge on any atom is 0.305 e. The Hall–Kier alpha value is -2.09. The summed E-state index contributed by atoms with van der Waals surface area (Å²) in [5.74, 6) is -3.99. The molecular formula is C8H6F2N2O4. The number of nitrogens with zero attached hydrogens (tertiary/aromatic N) is 1. The lowest BCUT2D eigenvalue weighted by atomic mass is 10.1. The number of rotatable bonds is 3. The number of nitrogens with one attached hydrogen (secondary N) is 1. The van der Waals surface area contributed by atoms with Crippen molar-refractivity contribution >= 4 is 11.6 Å². The Kier molecular flexibility index (Phi) is 3.46. The van der Waals surface area contributed by atoms with Crippen LogP contribution in [-0.4, -0.2) is 17.9 Å². The van der Waals surface area contributed by atoms with Gasteiger partial charge in [-0.1, -0.05) is 0 Å². The van der Waals surface area contributed by atoms with Crippen molar-refractivity contribution in [2.75, 3.05) is 7.11 Å². The van der Waals surface area contributed by atoms with Crippen LogP contribution in [0.25, 0.3) is 0 Å². The molecule has 1 N–H and O–H groups in total. The largest absolute Gasteiger partial charge is 0.305 e. The summed E-state index contributed by atoms with van der Waals surface area (Å²) < 4.78 is 26.4. The molecule has 0 saturated carbocycles. The van der Waals surface area contributed by atoms with Gasteiger partial charge < -0.3 is 0 Å². The molecule has 86 valence electrons. The second-order valence-electron chi connectivity index (χ2n) is 2.65. The van der Waals surface area contributed by atoms with E-state index in [0.717, 1.165) is 7.11 Å². The van der Waals surface area contributed by atoms with Crippen LogP contribution in [0.4, 0.5) is 14.5 Å². The van der Waals surface area contributed by atoms with Gasteiger partial charge in [-0.15, -0.1) is 0 Å². The van der Waals surface area contributed by atoms with Crippen LogP contribution < -0.4 is 5.48 Å². The van der Waals surface area contributed by atoms with E-state index in [2.05, 4.69) is 4.84 Å². The van der Waals surface area contributed by atoms with Gasteiger partial charge in [0.15, 0.2) is 0 Å². The summed E-state index contributed by atoms with van der Waals surface area (Å²) in [5, 5.41) is 10.3. The molecule has 0 fully saturated rings. The van der Waals surface area contributed by atoms with Gasteiger partial charge in [0.1, 0.15) is 11.4 Å². The average molecular weight is 232 g/mol. The van der Waals surface area contributed by atoms with E-state index in [1.54, 1.807) is 5.48 Å². The van der Waals surface area contributed by atoms with Gasteiger partial charge in [-0.2, -0.15) is 4.39 Å². The molecular weight excluding hydrogens is 226 g/mol. The first-order valence-electron chi connectivity index (χ1n) is 3.94. The quantitative estimate of drug-likeness (QED) is 0.626. The van der Waals surface area contributed by atoms with Crippen molar-refractivity contribution < 1.29 is 23.3 Å². The van der Waals surface area contributed by atoms with Crippen molar-refractivity contribution in [2.24, 2.45) is 0 Å². The molecule has 16 heavy (non-hydrogen) atoms. The van der Waals surface area contributed by atoms with Crippen LogP contribution in [0.3, 0.4) is 0 Å². The van der Waals surface area contributed by atoms with E-state index in [9.17, 15) is 23.7 Å². The monoisotopic (exact) mass is 232 g/mol. The summed E-state index contributed by atoms with van der Waals surface area (Å²) in [4.78, 5) is 24.6. The molecule has 0 saturated heterocycles. The molecule has 0 bridgehead atoms. The molecule has 0 radical (unpaired) electrons. The highest BCUT2D eigenvalue weighted by molar-refractivity contribution is 5.94. The van der Waals surface area contributed by atoms with Crippen LogP contribution in [0.15, 0.2) is 12.1 Å². The van der Waals surface area contributed by atoms with E-state index in [1.165, 1.54) is 0 Å². The molecule has 1 aromatic carbocycles. The van der Waals surface area contributed by atoms with E-state index in [4.69, 9.17) is 0 Å². The van der Waals surface area contributed by atoms with Gasteiger partial charge in [0.05, 0.1) is 12.0 Å². The summed E-state index contributed by atoms with van der Waals surface area (Å²) in [6.07, 6.45) is 0. The number of nitro benzene ring substituents is 1. The number of carbonyl (C=O) groups is 1. The maximum atomic E-state index is 13.4. The van der Waals surface area contributed by atoms with Crippen molar-refractivity contribution in [2.45, 2.75) is 0 Å². The fourth-order valence-electron chi connectivity index (χ4n) is 1.03. The number of benzene rings is 1. The number of nitro groups is 1. The lowest BCUT2D eigenvalue weighted by Gasteiger charge is -2.04. The molecule has 0 heterocycles. The van der Waals surface area contributed by atoms with Crippen LogP contribution in [-0.2, 0) is 4.84 Å². The highest BCUT2D eigenvalue weighted by Gasteiger charge is 2.26. The Balaban J connectivity index is 3.31. The molecule has 8 heteroatoms. The minimum atomic E-state index is -1.54. The van der Waals surface area contributed by atoms with E-state index in [-0.39, 0.29) is 0 Å². The zero-order valence-electron chi connectivity index (χ0n) is 7.99. The molecule has 0 aliphatic rings. The van der Waals surface area contributed by atoms with E-state index >= 15 is 0 Å². The third kappa shape index (κ3) is 2.11. The number of carbonyl (C=O) groups excluding carboxylic acids is 1. The standard InChI is InChI=1S/C8H6F2N2O4/c1-16-11-8(13)6-4(9)2-3-5(7(6)10)12(14)15/h2-3H,1H3,(H,11,13). The van der Waals surface area contributed by atoms with Gasteiger partial charge in [-0.05, 0) is 6.07 Å². The van der Waals surface area contributed by atoms with Gasteiger partial charge >= 0.3 is 5.69 Å². The zero-order chi connectivity index (χ0) is 12.3. The predicted molar refractivity (Wildman–Crippen MR) is 47.5 cm³/mol. The van der Waals surface area contributed by atoms with Gasteiger partial charge in [0.25, 0.3) is 5.91 Å². The number of hydrogen-bond donors (Lipinski definition) is 1. The lowest BCUT2D eigenvalue weighted by Crippen LogP contribution is -2.24. The predicted octanol–water partition coefficient (Wildman–Crippen LogP) is 1.16. The number of amides is 1. The summed E-state index contributed by atoms with van der Waals surface area (Å²) in [6.45, 7) is 0. The van der Waals surface area contributed by atoms with Crippen molar-refractivity contribution in [1.82, 2.24) is 5.48 Å². The molecule has 0 unspecified atom stereocenters. The second kappa shape index (κ2) is 4.62. The molecule has 0 atom stereocenters. The Morgan fingerprint density at radius 1 is 1.50 bits per heavy atom. The zero-order valence-corrected chi connectivity index (χ0v) is 7.99. The SMILES string of the molecule is CONC(=O)c1c(F)ccc([N+](=O)[O-])c1F. The Labute approximate surface area is 87.9 Å². The summed E-state index contributed by atoms with van der Waals surface area (Å²) in [7, 11) is 1.06. The van der Waals surface area contributed by atoms with Crippen molar-refractivity contribution in [1.29, 1.82) is 0 Å². The van der Waals surface area contributed by atoms with Crippen LogP contribution in [0, 0.1) is 21.7 Å². The molecule has 0 spiro atoms. The first-order chi connectivity index (χ1) is 7.49. The van der Waals surface area contributed by atoms with E-state index in [1.807, 2.05) is 0 Å². The molecule has 1 amide bonds. The summed E-state index contributed by atoms with van der Waals surface area (Å²) >= 11 is 0. The van der Waals surface area contributed by atoms with E-state index in [0.29, 0.717) is 12.1 Å². The van der Waals surface area contributed by atoms with Crippen LogP contribution in [0.5, 0.6) is 0 Å². The Morgan fingerprint density at radius 2 is 2.12 bits per heavy atom. The third-order valence-electron chi connectivity index (χ3n) is 1.69. The van der Waals surface area contributed by atoms with Gasteiger partial charge in [0.2, 0.25) is 5.82 Å². The third-order valence-corrected chi connectivity index (χ3v) is 1.69. The number of halogens is 2. The average Bonchev–Trinajstić information content (AvgIpc) is 2.17. The fraction of sp³-hybridized carbons (Fsp3) is 0.125. The van der Waals surface area contributed by atoms with Crippen molar-refractivity contribution in [3.63, 3.8) is 0 Å². The van der Waals surface area contributed by atoms with Crippen molar-refractivity contribution in [3.05, 3.63) is 39.4 Å². The first kappa shape index (κ1) is 12.0. The van der Waals surface area contributed by atoms with E-state index < -0.39 is 33.7 Å². The maximum absolute atomic E-state index is 13.4. The normalized spacial score (nSPS) is 9.94. The second-order valence-corrected chi connectivity index (χ2v) is 2.65. The van der Waals surface area contributed by atoms with Crippen LogP contribution in [0.2, 0.25) is 0 Å². The lowest BCUT2D eigenvalue weighted by molar-refractivity contribution is -0.387. The topological polar surface area (TPSA) is 81.5 Å². The molecule has 6 nitrogen and oxygen atoms in total. The molecule has 0 aromatic heterocycles.